The molecule has 4 rings (SSSR count). The van der Waals surface area contributed by atoms with Gasteiger partial charge in [-0.2, -0.15) is 0 Å². The van der Waals surface area contributed by atoms with Crippen LogP contribution in [0.2, 0.25) is 0 Å². The molecule has 2 fully saturated rings. The normalized spacial score (nSPS) is 16.5. The maximum Gasteiger partial charge on any atom is 0.128 e. The number of methoxy groups -OCH3 is 2. The topological polar surface area (TPSA) is 24.9 Å². The number of hydrogen-bond donors (Lipinski definition) is 0. The van der Waals surface area contributed by atoms with Gasteiger partial charge in [0.15, 0.2) is 0 Å². The Hall–Kier alpha value is -2.62. The summed E-state index contributed by atoms with van der Waals surface area (Å²) in [6, 6.07) is 12.9. The molecule has 148 valence electrons. The van der Waals surface area contributed by atoms with Crippen molar-refractivity contribution in [2.45, 2.75) is 25.7 Å². The van der Waals surface area contributed by atoms with Crippen LogP contribution in [0, 0.1) is 0 Å². The number of benzene rings is 2. The van der Waals surface area contributed by atoms with Crippen LogP contribution in [0.25, 0.3) is 5.57 Å². The van der Waals surface area contributed by atoms with E-state index in [9.17, 15) is 0 Å². The fraction of sp³-hybridized carbons (Fsp3) is 0.417. The summed E-state index contributed by atoms with van der Waals surface area (Å²) in [4.78, 5) is 4.83. The maximum absolute atomic E-state index is 5.73. The summed E-state index contributed by atoms with van der Waals surface area (Å²) in [5, 5.41) is 0. The highest BCUT2D eigenvalue weighted by molar-refractivity contribution is 5.85. The van der Waals surface area contributed by atoms with Crippen molar-refractivity contribution in [2.75, 3.05) is 50.2 Å². The fourth-order valence-corrected chi connectivity index (χ4v) is 4.35. The van der Waals surface area contributed by atoms with Crippen LogP contribution in [0.4, 0.5) is 11.4 Å². The Kier molecular flexibility index (Phi) is 5.47. The van der Waals surface area contributed by atoms with E-state index in [1.807, 2.05) is 0 Å². The number of anilines is 2. The SMILES string of the molecule is C=C(c1ccc(N2CCCC2)cc1OC)c1ccc(N2CCCC2)cc1OC. The Balaban J connectivity index is 1.64. The van der Waals surface area contributed by atoms with Gasteiger partial charge in [-0.05, 0) is 55.5 Å². The standard InChI is InChI=1S/C24H30N2O2/c1-18(21-10-8-19(16-23(21)27-2)25-12-4-5-13-25)22-11-9-20(17-24(22)28-3)26-14-6-7-15-26/h8-11,16-17H,1,4-7,12-15H2,2-3H3. The van der Waals surface area contributed by atoms with E-state index in [0.717, 1.165) is 54.4 Å². The number of hydrogen-bond acceptors (Lipinski definition) is 4. The van der Waals surface area contributed by atoms with Crippen LogP contribution in [-0.4, -0.2) is 40.4 Å². The van der Waals surface area contributed by atoms with Crippen molar-refractivity contribution in [3.05, 3.63) is 54.1 Å². The number of ether oxygens (including phenoxy) is 2. The zero-order valence-electron chi connectivity index (χ0n) is 17.0. The zero-order chi connectivity index (χ0) is 19.5. The second-order valence-electron chi connectivity index (χ2n) is 7.64. The monoisotopic (exact) mass is 378 g/mol. The minimum absolute atomic E-state index is 0.861. The van der Waals surface area contributed by atoms with E-state index in [-0.39, 0.29) is 0 Å². The van der Waals surface area contributed by atoms with Crippen LogP contribution in [0.15, 0.2) is 43.0 Å². The molecule has 0 unspecified atom stereocenters. The first kappa shape index (κ1) is 18.7. The Morgan fingerprint density at radius 1 is 0.714 bits per heavy atom. The maximum atomic E-state index is 5.73. The summed E-state index contributed by atoms with van der Waals surface area (Å²) in [5.41, 5.74) is 5.40. The van der Waals surface area contributed by atoms with Crippen LogP contribution in [0.5, 0.6) is 11.5 Å². The molecule has 0 N–H and O–H groups in total. The van der Waals surface area contributed by atoms with Crippen LogP contribution in [0.1, 0.15) is 36.8 Å². The van der Waals surface area contributed by atoms with Crippen molar-refractivity contribution in [2.24, 2.45) is 0 Å². The third-order valence-electron chi connectivity index (χ3n) is 5.96. The molecule has 0 atom stereocenters. The molecule has 0 saturated carbocycles. The minimum Gasteiger partial charge on any atom is -0.496 e. The first-order valence-corrected chi connectivity index (χ1v) is 10.3. The number of rotatable bonds is 6. The molecule has 4 heteroatoms. The van der Waals surface area contributed by atoms with Gasteiger partial charge in [-0.15, -0.1) is 0 Å². The van der Waals surface area contributed by atoms with Gasteiger partial charge < -0.3 is 19.3 Å². The summed E-state index contributed by atoms with van der Waals surface area (Å²) < 4.78 is 11.5. The second kappa shape index (κ2) is 8.17. The predicted molar refractivity (Wildman–Crippen MR) is 117 cm³/mol. The van der Waals surface area contributed by atoms with Crippen molar-refractivity contribution >= 4 is 16.9 Å². The third kappa shape index (κ3) is 3.56. The summed E-state index contributed by atoms with van der Waals surface area (Å²) in [7, 11) is 3.46. The van der Waals surface area contributed by atoms with E-state index in [0.29, 0.717) is 0 Å². The van der Waals surface area contributed by atoms with E-state index in [1.165, 1.54) is 37.1 Å². The quantitative estimate of drug-likeness (QED) is 0.709. The first-order valence-electron chi connectivity index (χ1n) is 10.3. The molecule has 2 aromatic carbocycles. The van der Waals surface area contributed by atoms with E-state index in [2.05, 4.69) is 52.8 Å². The fourth-order valence-electron chi connectivity index (χ4n) is 4.35. The molecule has 2 heterocycles. The molecule has 0 amide bonds. The Bertz CT molecular complexity index is 780. The average Bonchev–Trinajstić information content (AvgIpc) is 3.46. The average molecular weight is 379 g/mol. The first-order chi connectivity index (χ1) is 13.7. The molecule has 2 saturated heterocycles. The van der Waals surface area contributed by atoms with Crippen molar-refractivity contribution < 1.29 is 9.47 Å². The largest absolute Gasteiger partial charge is 0.496 e. The highest BCUT2D eigenvalue weighted by atomic mass is 16.5. The molecule has 0 radical (unpaired) electrons. The van der Waals surface area contributed by atoms with Crippen molar-refractivity contribution in [1.82, 2.24) is 0 Å². The molecular weight excluding hydrogens is 348 g/mol. The van der Waals surface area contributed by atoms with Gasteiger partial charge in [-0.1, -0.05) is 6.58 Å². The van der Waals surface area contributed by atoms with Gasteiger partial charge >= 0.3 is 0 Å². The van der Waals surface area contributed by atoms with Crippen molar-refractivity contribution in [1.29, 1.82) is 0 Å². The van der Waals surface area contributed by atoms with Crippen molar-refractivity contribution in [3.63, 3.8) is 0 Å². The van der Waals surface area contributed by atoms with E-state index in [4.69, 9.17) is 9.47 Å². The summed E-state index contributed by atoms with van der Waals surface area (Å²) in [6.07, 6.45) is 5.05. The van der Waals surface area contributed by atoms with Gasteiger partial charge in [0.1, 0.15) is 11.5 Å². The molecular formula is C24H30N2O2. The lowest BCUT2D eigenvalue weighted by Crippen LogP contribution is -2.17. The Morgan fingerprint density at radius 3 is 1.46 bits per heavy atom. The van der Waals surface area contributed by atoms with Crippen molar-refractivity contribution in [3.8, 4) is 11.5 Å². The summed E-state index contributed by atoms with van der Waals surface area (Å²) in [5.74, 6) is 1.72. The molecule has 2 aromatic rings. The van der Waals surface area contributed by atoms with Gasteiger partial charge in [-0.25, -0.2) is 0 Å². The van der Waals surface area contributed by atoms with Gasteiger partial charge in [-0.3, -0.25) is 0 Å². The molecule has 4 nitrogen and oxygen atoms in total. The van der Waals surface area contributed by atoms with E-state index < -0.39 is 0 Å². The lowest BCUT2D eigenvalue weighted by molar-refractivity contribution is 0.411. The Labute approximate surface area is 168 Å². The molecule has 0 aliphatic carbocycles. The zero-order valence-corrected chi connectivity index (χ0v) is 17.0. The summed E-state index contributed by atoms with van der Waals surface area (Å²) >= 11 is 0. The van der Waals surface area contributed by atoms with Gasteiger partial charge in [0, 0.05) is 60.8 Å². The van der Waals surface area contributed by atoms with E-state index in [1.54, 1.807) is 14.2 Å². The lowest BCUT2D eigenvalue weighted by Gasteiger charge is -2.22. The molecule has 28 heavy (non-hydrogen) atoms. The molecule has 0 bridgehead atoms. The number of nitrogens with zero attached hydrogens (tertiary/aromatic N) is 2. The van der Waals surface area contributed by atoms with Crippen LogP contribution >= 0.6 is 0 Å². The lowest BCUT2D eigenvalue weighted by atomic mass is 9.97. The molecule has 2 aliphatic heterocycles. The second-order valence-corrected chi connectivity index (χ2v) is 7.64. The van der Waals surface area contributed by atoms with Crippen LogP contribution in [0.3, 0.4) is 0 Å². The van der Waals surface area contributed by atoms with Gasteiger partial charge in [0.2, 0.25) is 0 Å². The predicted octanol–water partition coefficient (Wildman–Crippen LogP) is 4.97. The van der Waals surface area contributed by atoms with Crippen LogP contribution < -0.4 is 19.3 Å². The molecule has 0 spiro atoms. The van der Waals surface area contributed by atoms with Gasteiger partial charge in [0.05, 0.1) is 14.2 Å². The van der Waals surface area contributed by atoms with Crippen LogP contribution in [-0.2, 0) is 0 Å². The summed E-state index contributed by atoms with van der Waals surface area (Å²) in [6.45, 7) is 8.86. The van der Waals surface area contributed by atoms with E-state index >= 15 is 0 Å². The minimum atomic E-state index is 0.861. The third-order valence-corrected chi connectivity index (χ3v) is 5.96. The van der Waals surface area contributed by atoms with Gasteiger partial charge in [0.25, 0.3) is 0 Å². The highest BCUT2D eigenvalue weighted by Crippen LogP contribution is 2.39. The molecule has 0 aromatic heterocycles. The Morgan fingerprint density at radius 2 is 1.11 bits per heavy atom. The smallest absolute Gasteiger partial charge is 0.128 e. The molecule has 2 aliphatic rings. The highest BCUT2D eigenvalue weighted by Gasteiger charge is 2.19.